The molecule has 1 fully saturated rings. The summed E-state index contributed by atoms with van der Waals surface area (Å²) in [6.45, 7) is 1.30. The van der Waals surface area contributed by atoms with E-state index >= 15 is 0 Å². The maximum atomic E-state index is 12.9. The Morgan fingerprint density at radius 1 is 1.10 bits per heavy atom. The molecule has 29 heavy (non-hydrogen) atoms. The summed E-state index contributed by atoms with van der Waals surface area (Å²) in [5.41, 5.74) is 1.47. The molecule has 2 aromatic carbocycles. The number of aliphatic hydroxyl groups is 1. The minimum absolute atomic E-state index is 0.346. The Morgan fingerprint density at radius 3 is 2.66 bits per heavy atom. The standard InChI is InChI=1S/C23H23NO5/c25-21(11-8-16-5-2-1-3-6-16)24-12-4-7-18(23(24)27)22(26)17-9-10-19-20(15-17)29-14-13-28-19/h1-3,5-6,8-11,15,18,22,26H,4,7,12-14H2/b11-8+. The number of rotatable bonds is 4. The van der Waals surface area contributed by atoms with Crippen molar-refractivity contribution in [1.29, 1.82) is 0 Å². The monoisotopic (exact) mass is 393 g/mol. The molecular formula is C23H23NO5. The zero-order chi connectivity index (χ0) is 20.2. The number of benzene rings is 2. The quantitative estimate of drug-likeness (QED) is 0.809. The van der Waals surface area contributed by atoms with Crippen LogP contribution in [0.1, 0.15) is 30.1 Å². The van der Waals surface area contributed by atoms with Crippen molar-refractivity contribution in [3.63, 3.8) is 0 Å². The largest absolute Gasteiger partial charge is 0.486 e. The number of carbonyl (C=O) groups excluding carboxylic acids is 2. The number of nitrogens with zero attached hydrogens (tertiary/aromatic N) is 1. The Labute approximate surface area is 169 Å². The Hall–Kier alpha value is -3.12. The van der Waals surface area contributed by atoms with Crippen LogP contribution in [0.3, 0.4) is 0 Å². The van der Waals surface area contributed by atoms with Gasteiger partial charge in [0, 0.05) is 12.6 Å². The molecule has 0 bridgehead atoms. The second-order valence-electron chi connectivity index (χ2n) is 7.17. The normalized spacial score (nSPS) is 20.0. The van der Waals surface area contributed by atoms with Crippen LogP contribution in [0.4, 0.5) is 0 Å². The van der Waals surface area contributed by atoms with Gasteiger partial charge in [0.2, 0.25) is 5.91 Å². The van der Waals surface area contributed by atoms with Gasteiger partial charge in [0.1, 0.15) is 13.2 Å². The lowest BCUT2D eigenvalue weighted by Gasteiger charge is -2.33. The van der Waals surface area contributed by atoms with E-state index in [2.05, 4.69) is 0 Å². The highest BCUT2D eigenvalue weighted by atomic mass is 16.6. The van der Waals surface area contributed by atoms with Crippen molar-refractivity contribution in [3.05, 3.63) is 65.7 Å². The maximum Gasteiger partial charge on any atom is 0.253 e. The van der Waals surface area contributed by atoms with Crippen LogP contribution in [0.15, 0.2) is 54.6 Å². The molecule has 6 heteroatoms. The molecule has 0 aliphatic carbocycles. The van der Waals surface area contributed by atoms with Crippen LogP contribution in [0.25, 0.3) is 6.08 Å². The molecule has 0 saturated carbocycles. The number of carbonyl (C=O) groups is 2. The summed E-state index contributed by atoms with van der Waals surface area (Å²) in [5, 5.41) is 10.9. The molecule has 2 atom stereocenters. The molecule has 2 unspecified atom stereocenters. The zero-order valence-corrected chi connectivity index (χ0v) is 16.0. The summed E-state index contributed by atoms with van der Waals surface area (Å²) in [6, 6.07) is 14.6. The van der Waals surface area contributed by atoms with Gasteiger partial charge in [-0.25, -0.2) is 0 Å². The number of likely N-dealkylation sites (tertiary alicyclic amines) is 1. The van der Waals surface area contributed by atoms with E-state index < -0.39 is 12.0 Å². The van der Waals surface area contributed by atoms with Crippen molar-refractivity contribution in [2.24, 2.45) is 5.92 Å². The summed E-state index contributed by atoms with van der Waals surface area (Å²) >= 11 is 0. The Balaban J connectivity index is 1.48. The third-order valence-corrected chi connectivity index (χ3v) is 5.25. The summed E-state index contributed by atoms with van der Waals surface area (Å²) in [6.07, 6.45) is 3.28. The molecule has 1 N–H and O–H groups in total. The van der Waals surface area contributed by atoms with Crippen molar-refractivity contribution in [1.82, 2.24) is 4.90 Å². The molecule has 2 amide bonds. The van der Waals surface area contributed by atoms with Gasteiger partial charge in [0.05, 0.1) is 12.0 Å². The highest BCUT2D eigenvalue weighted by molar-refractivity contribution is 6.04. The van der Waals surface area contributed by atoms with Gasteiger partial charge in [-0.05, 0) is 42.2 Å². The van der Waals surface area contributed by atoms with Gasteiger partial charge in [-0.15, -0.1) is 0 Å². The SMILES string of the molecule is O=C(/C=C/c1ccccc1)N1CCCC(C(O)c2ccc3c(c2)OCCO3)C1=O. The molecule has 1 saturated heterocycles. The fourth-order valence-corrected chi connectivity index (χ4v) is 3.71. The van der Waals surface area contributed by atoms with Gasteiger partial charge in [-0.2, -0.15) is 0 Å². The molecule has 6 nitrogen and oxygen atoms in total. The average Bonchev–Trinajstić information content (AvgIpc) is 2.77. The van der Waals surface area contributed by atoms with Crippen LogP contribution in [0.2, 0.25) is 0 Å². The molecule has 4 rings (SSSR count). The van der Waals surface area contributed by atoms with E-state index in [-0.39, 0.29) is 11.8 Å². The second-order valence-corrected chi connectivity index (χ2v) is 7.17. The van der Waals surface area contributed by atoms with Crippen LogP contribution in [-0.4, -0.2) is 41.6 Å². The van der Waals surface area contributed by atoms with Crippen molar-refractivity contribution < 1.29 is 24.2 Å². The lowest BCUT2D eigenvalue weighted by Crippen LogP contribution is -2.46. The number of hydrogen-bond acceptors (Lipinski definition) is 5. The number of piperidine rings is 1. The Bertz CT molecular complexity index is 924. The van der Waals surface area contributed by atoms with Crippen molar-refractivity contribution >= 4 is 17.9 Å². The second kappa shape index (κ2) is 8.49. The maximum absolute atomic E-state index is 12.9. The van der Waals surface area contributed by atoms with Gasteiger partial charge in [0.25, 0.3) is 5.91 Å². The van der Waals surface area contributed by atoms with Crippen LogP contribution in [0, 0.1) is 5.92 Å². The fraction of sp³-hybridized carbons (Fsp3) is 0.304. The molecule has 0 spiro atoms. The Kier molecular flexibility index (Phi) is 5.62. The highest BCUT2D eigenvalue weighted by Crippen LogP contribution is 2.37. The minimum atomic E-state index is -1.01. The Morgan fingerprint density at radius 2 is 1.86 bits per heavy atom. The van der Waals surface area contributed by atoms with Crippen LogP contribution >= 0.6 is 0 Å². The first-order valence-electron chi connectivity index (χ1n) is 9.79. The van der Waals surface area contributed by atoms with Crippen LogP contribution in [0.5, 0.6) is 11.5 Å². The minimum Gasteiger partial charge on any atom is -0.486 e. The topological polar surface area (TPSA) is 76.1 Å². The highest BCUT2D eigenvalue weighted by Gasteiger charge is 2.37. The molecule has 150 valence electrons. The first-order valence-corrected chi connectivity index (χ1v) is 9.79. The number of imide groups is 1. The summed E-state index contributed by atoms with van der Waals surface area (Å²) < 4.78 is 11.1. The van der Waals surface area contributed by atoms with Crippen LogP contribution < -0.4 is 9.47 Å². The first-order chi connectivity index (χ1) is 14.1. The van der Waals surface area contributed by atoms with E-state index in [0.29, 0.717) is 49.7 Å². The zero-order valence-electron chi connectivity index (χ0n) is 16.0. The van der Waals surface area contributed by atoms with Crippen molar-refractivity contribution in [2.75, 3.05) is 19.8 Å². The lowest BCUT2D eigenvalue weighted by atomic mass is 9.87. The van der Waals surface area contributed by atoms with E-state index in [9.17, 15) is 14.7 Å². The molecular weight excluding hydrogens is 370 g/mol. The van der Waals surface area contributed by atoms with E-state index in [1.807, 2.05) is 30.3 Å². The van der Waals surface area contributed by atoms with Crippen molar-refractivity contribution in [3.8, 4) is 11.5 Å². The molecule has 2 aromatic rings. The number of aliphatic hydroxyl groups excluding tert-OH is 1. The predicted molar refractivity (Wildman–Crippen MR) is 107 cm³/mol. The average molecular weight is 393 g/mol. The van der Waals surface area contributed by atoms with Gasteiger partial charge in [0.15, 0.2) is 11.5 Å². The van der Waals surface area contributed by atoms with Gasteiger partial charge >= 0.3 is 0 Å². The van der Waals surface area contributed by atoms with Crippen molar-refractivity contribution in [2.45, 2.75) is 18.9 Å². The summed E-state index contributed by atoms with van der Waals surface area (Å²) in [4.78, 5) is 26.7. The number of hydrogen-bond donors (Lipinski definition) is 1. The summed E-state index contributed by atoms with van der Waals surface area (Å²) in [5.74, 6) is -0.181. The molecule has 0 radical (unpaired) electrons. The van der Waals surface area contributed by atoms with E-state index in [1.54, 1.807) is 24.3 Å². The third-order valence-electron chi connectivity index (χ3n) is 5.25. The van der Waals surface area contributed by atoms with E-state index in [0.717, 1.165) is 5.56 Å². The van der Waals surface area contributed by atoms with E-state index in [4.69, 9.17) is 9.47 Å². The molecule has 2 aliphatic rings. The lowest BCUT2D eigenvalue weighted by molar-refractivity contribution is -0.150. The summed E-state index contributed by atoms with van der Waals surface area (Å²) in [7, 11) is 0. The number of amides is 2. The fourth-order valence-electron chi connectivity index (χ4n) is 3.71. The number of ether oxygens (including phenoxy) is 2. The molecule has 2 heterocycles. The van der Waals surface area contributed by atoms with Crippen LogP contribution in [-0.2, 0) is 9.59 Å². The molecule has 2 aliphatic heterocycles. The van der Waals surface area contributed by atoms with Gasteiger partial charge in [-0.1, -0.05) is 36.4 Å². The smallest absolute Gasteiger partial charge is 0.253 e. The number of fused-ring (bicyclic) bond motifs is 1. The van der Waals surface area contributed by atoms with Gasteiger partial charge in [-0.3, -0.25) is 14.5 Å². The third kappa shape index (κ3) is 4.17. The molecule has 0 aromatic heterocycles. The van der Waals surface area contributed by atoms with Gasteiger partial charge < -0.3 is 14.6 Å². The predicted octanol–water partition coefficient (Wildman–Crippen LogP) is 2.97. The first kappa shape index (κ1) is 19.2. The van der Waals surface area contributed by atoms with E-state index in [1.165, 1.54) is 11.0 Å².